The molecule has 2 heteroatoms. The summed E-state index contributed by atoms with van der Waals surface area (Å²) in [6, 6.07) is 9.48. The van der Waals surface area contributed by atoms with Crippen LogP contribution in [0, 0.1) is 5.92 Å². The second-order valence-electron chi connectivity index (χ2n) is 5.46. The predicted molar refractivity (Wildman–Crippen MR) is 77.4 cm³/mol. The van der Waals surface area contributed by atoms with E-state index in [1.54, 1.807) is 0 Å². The number of rotatable bonds is 6. The molecular formula is C17H24O2. The van der Waals surface area contributed by atoms with Crippen molar-refractivity contribution in [3.8, 4) is 0 Å². The minimum absolute atomic E-state index is 0.124. The van der Waals surface area contributed by atoms with Gasteiger partial charge >= 0.3 is 0 Å². The summed E-state index contributed by atoms with van der Waals surface area (Å²) in [6.45, 7) is 2.77. The van der Waals surface area contributed by atoms with Crippen molar-refractivity contribution in [2.75, 3.05) is 6.61 Å². The lowest BCUT2D eigenvalue weighted by atomic mass is 9.90. The van der Waals surface area contributed by atoms with Gasteiger partial charge in [0.2, 0.25) is 0 Å². The van der Waals surface area contributed by atoms with Crippen LogP contribution in [-0.4, -0.2) is 18.5 Å². The summed E-state index contributed by atoms with van der Waals surface area (Å²) in [4.78, 5) is 12.3. The fourth-order valence-electron chi connectivity index (χ4n) is 2.77. The number of benzene rings is 1. The Hall–Kier alpha value is -1.15. The topological polar surface area (TPSA) is 26.3 Å². The summed E-state index contributed by atoms with van der Waals surface area (Å²) in [6.07, 6.45) is 6.99. The van der Waals surface area contributed by atoms with Crippen LogP contribution < -0.4 is 0 Å². The molecule has 0 aromatic heterocycles. The summed E-state index contributed by atoms with van der Waals surface area (Å²) >= 11 is 0. The van der Waals surface area contributed by atoms with Crippen LogP contribution in [0.5, 0.6) is 0 Å². The molecule has 0 aliphatic heterocycles. The minimum Gasteiger partial charge on any atom is -0.370 e. The van der Waals surface area contributed by atoms with Crippen molar-refractivity contribution in [2.24, 2.45) is 5.92 Å². The number of ether oxygens (including phenoxy) is 1. The van der Waals surface area contributed by atoms with Gasteiger partial charge in [0.25, 0.3) is 0 Å². The lowest BCUT2D eigenvalue weighted by Gasteiger charge is -2.24. The molecule has 1 atom stereocenters. The first-order valence-electron chi connectivity index (χ1n) is 7.52. The van der Waals surface area contributed by atoms with E-state index in [-0.39, 0.29) is 11.9 Å². The lowest BCUT2D eigenvalue weighted by Crippen LogP contribution is -2.27. The molecule has 0 heterocycles. The number of carbonyl (C=O) groups is 1. The largest absolute Gasteiger partial charge is 0.370 e. The maximum absolute atomic E-state index is 12.3. The van der Waals surface area contributed by atoms with Crippen LogP contribution in [0.1, 0.15) is 55.8 Å². The molecule has 1 aromatic carbocycles. The molecule has 0 radical (unpaired) electrons. The van der Waals surface area contributed by atoms with E-state index in [1.807, 2.05) is 37.3 Å². The summed E-state index contributed by atoms with van der Waals surface area (Å²) in [7, 11) is 0. The van der Waals surface area contributed by atoms with Crippen LogP contribution in [0.2, 0.25) is 0 Å². The van der Waals surface area contributed by atoms with Crippen molar-refractivity contribution in [1.29, 1.82) is 0 Å². The van der Waals surface area contributed by atoms with Gasteiger partial charge in [-0.1, -0.05) is 56.5 Å². The maximum Gasteiger partial charge on any atom is 0.191 e. The molecule has 104 valence electrons. The molecule has 0 N–H and O–H groups in total. The number of ketones is 1. The van der Waals surface area contributed by atoms with E-state index >= 15 is 0 Å². The van der Waals surface area contributed by atoms with E-state index in [9.17, 15) is 4.79 Å². The Kier molecular flexibility index (Phi) is 5.59. The highest BCUT2D eigenvalue weighted by atomic mass is 16.5. The van der Waals surface area contributed by atoms with Gasteiger partial charge in [-0.15, -0.1) is 0 Å². The van der Waals surface area contributed by atoms with Gasteiger partial charge in [0.1, 0.15) is 6.10 Å². The Balaban J connectivity index is 1.87. The number of Topliss-reactive ketones (excluding diaryl/α,β-unsaturated/α-hetero) is 1. The zero-order chi connectivity index (χ0) is 13.5. The molecule has 1 aromatic rings. The highest BCUT2D eigenvalue weighted by molar-refractivity contribution is 5.99. The molecule has 2 rings (SSSR count). The Morgan fingerprint density at radius 3 is 2.53 bits per heavy atom. The summed E-state index contributed by atoms with van der Waals surface area (Å²) in [5.41, 5.74) is 0.762. The Morgan fingerprint density at radius 1 is 1.21 bits per heavy atom. The molecule has 1 saturated carbocycles. The second-order valence-corrected chi connectivity index (χ2v) is 5.46. The quantitative estimate of drug-likeness (QED) is 0.715. The normalized spacial score (nSPS) is 18.2. The molecular weight excluding hydrogens is 236 g/mol. The molecule has 0 saturated heterocycles. The van der Waals surface area contributed by atoms with E-state index in [1.165, 1.54) is 32.1 Å². The van der Waals surface area contributed by atoms with E-state index in [0.29, 0.717) is 5.92 Å². The van der Waals surface area contributed by atoms with Crippen LogP contribution in [-0.2, 0) is 4.74 Å². The molecule has 1 aliphatic carbocycles. The third-order valence-corrected chi connectivity index (χ3v) is 3.98. The van der Waals surface area contributed by atoms with Gasteiger partial charge in [0.05, 0.1) is 6.61 Å². The lowest BCUT2D eigenvalue weighted by molar-refractivity contribution is 0.0202. The first kappa shape index (κ1) is 14.3. The van der Waals surface area contributed by atoms with Gasteiger partial charge in [-0.3, -0.25) is 4.79 Å². The van der Waals surface area contributed by atoms with Crippen molar-refractivity contribution in [3.63, 3.8) is 0 Å². The van der Waals surface area contributed by atoms with Crippen LogP contribution in [0.25, 0.3) is 0 Å². The Bertz CT molecular complexity index is 380. The summed E-state index contributed by atoms with van der Waals surface area (Å²) < 4.78 is 5.90. The van der Waals surface area contributed by atoms with E-state index in [4.69, 9.17) is 4.74 Å². The van der Waals surface area contributed by atoms with Gasteiger partial charge < -0.3 is 4.74 Å². The van der Waals surface area contributed by atoms with E-state index < -0.39 is 0 Å². The smallest absolute Gasteiger partial charge is 0.191 e. The molecule has 0 bridgehead atoms. The van der Waals surface area contributed by atoms with Crippen LogP contribution in [0.15, 0.2) is 30.3 Å². The molecule has 0 spiro atoms. The zero-order valence-corrected chi connectivity index (χ0v) is 11.8. The van der Waals surface area contributed by atoms with Crippen molar-refractivity contribution < 1.29 is 9.53 Å². The standard InChI is InChI=1S/C17H24O2/c1-2-16(17(18)15-11-7-4-8-12-15)19-13-14-9-5-3-6-10-14/h4,7-8,11-12,14,16H,2-3,5-6,9-10,13H2,1H3. The molecule has 1 unspecified atom stereocenters. The fraction of sp³-hybridized carbons (Fsp3) is 0.588. The highest BCUT2D eigenvalue weighted by Gasteiger charge is 2.21. The summed E-state index contributed by atoms with van der Waals surface area (Å²) in [5, 5.41) is 0. The van der Waals surface area contributed by atoms with E-state index in [2.05, 4.69) is 0 Å². The second kappa shape index (κ2) is 7.44. The van der Waals surface area contributed by atoms with Gasteiger partial charge in [0.15, 0.2) is 5.78 Å². The fourth-order valence-corrected chi connectivity index (χ4v) is 2.77. The average Bonchev–Trinajstić information content (AvgIpc) is 2.49. The van der Waals surface area contributed by atoms with Crippen LogP contribution >= 0.6 is 0 Å². The molecule has 1 aliphatic rings. The number of hydrogen-bond donors (Lipinski definition) is 0. The van der Waals surface area contributed by atoms with Gasteiger partial charge in [-0.05, 0) is 25.2 Å². The summed E-state index contributed by atoms with van der Waals surface area (Å²) in [5.74, 6) is 0.783. The first-order chi connectivity index (χ1) is 9.31. The average molecular weight is 260 g/mol. The van der Waals surface area contributed by atoms with Gasteiger partial charge in [-0.2, -0.15) is 0 Å². The predicted octanol–water partition coefficient (Wildman–Crippen LogP) is 4.24. The van der Waals surface area contributed by atoms with E-state index in [0.717, 1.165) is 18.6 Å². The molecule has 1 fully saturated rings. The Morgan fingerprint density at radius 2 is 1.89 bits per heavy atom. The van der Waals surface area contributed by atoms with Crippen LogP contribution in [0.4, 0.5) is 0 Å². The highest BCUT2D eigenvalue weighted by Crippen LogP contribution is 2.24. The van der Waals surface area contributed by atoms with Crippen molar-refractivity contribution in [1.82, 2.24) is 0 Å². The first-order valence-corrected chi connectivity index (χ1v) is 7.52. The minimum atomic E-state index is -0.274. The third kappa shape index (κ3) is 4.17. The monoisotopic (exact) mass is 260 g/mol. The van der Waals surface area contributed by atoms with Gasteiger partial charge in [-0.25, -0.2) is 0 Å². The zero-order valence-electron chi connectivity index (χ0n) is 11.8. The molecule has 19 heavy (non-hydrogen) atoms. The van der Waals surface area contributed by atoms with Crippen LogP contribution in [0.3, 0.4) is 0 Å². The number of hydrogen-bond acceptors (Lipinski definition) is 2. The van der Waals surface area contributed by atoms with Gasteiger partial charge in [0, 0.05) is 5.56 Å². The van der Waals surface area contributed by atoms with Crippen molar-refractivity contribution in [3.05, 3.63) is 35.9 Å². The molecule has 2 nitrogen and oxygen atoms in total. The third-order valence-electron chi connectivity index (χ3n) is 3.98. The SMILES string of the molecule is CCC(OCC1CCCCC1)C(=O)c1ccccc1. The maximum atomic E-state index is 12.3. The van der Waals surface area contributed by atoms with Crippen molar-refractivity contribution >= 4 is 5.78 Å². The Labute approximate surface area is 116 Å². The number of carbonyl (C=O) groups excluding carboxylic acids is 1. The van der Waals surface area contributed by atoms with Crippen molar-refractivity contribution in [2.45, 2.75) is 51.6 Å². The molecule has 0 amide bonds.